The number of rotatable bonds is 2. The smallest absolute Gasteiger partial charge is 0.139 e. The molecule has 0 aromatic carbocycles. The van der Waals surface area contributed by atoms with E-state index in [1.807, 2.05) is 19.1 Å². The number of hydrogen-bond donors (Lipinski definition) is 1. The van der Waals surface area contributed by atoms with Crippen LogP contribution >= 0.6 is 0 Å². The summed E-state index contributed by atoms with van der Waals surface area (Å²) in [6.45, 7) is 1.91. The highest BCUT2D eigenvalue weighted by Crippen LogP contribution is 2.20. The number of hydrogen-bond acceptors (Lipinski definition) is 4. The first kappa shape index (κ1) is 9.79. The highest BCUT2D eigenvalue weighted by atomic mass is 16.3. The van der Waals surface area contributed by atoms with Crippen molar-refractivity contribution < 1.29 is 5.11 Å². The number of aryl methyl sites for hydroxylation is 2. The molecular formula is C10H12N4O. The first-order valence-electron chi connectivity index (χ1n) is 4.64. The Hall–Kier alpha value is -1.75. The molecule has 5 heteroatoms. The molecule has 2 aromatic heterocycles. The van der Waals surface area contributed by atoms with Crippen LogP contribution in [0.15, 0.2) is 24.5 Å². The first-order valence-corrected chi connectivity index (χ1v) is 4.64. The maximum atomic E-state index is 10.1. The van der Waals surface area contributed by atoms with Gasteiger partial charge in [0.2, 0.25) is 0 Å². The molecule has 0 radical (unpaired) electrons. The quantitative estimate of drug-likeness (QED) is 0.778. The van der Waals surface area contributed by atoms with Gasteiger partial charge in [0.05, 0.1) is 17.6 Å². The summed E-state index contributed by atoms with van der Waals surface area (Å²) in [6.07, 6.45) is 2.43. The van der Waals surface area contributed by atoms with Crippen molar-refractivity contribution in [1.29, 1.82) is 0 Å². The second-order valence-electron chi connectivity index (χ2n) is 3.39. The topological polar surface area (TPSA) is 63.8 Å². The van der Waals surface area contributed by atoms with Gasteiger partial charge in [-0.05, 0) is 18.6 Å². The Bertz CT molecular complexity index is 466. The molecule has 1 atom stereocenters. The van der Waals surface area contributed by atoms with Crippen LogP contribution in [0.5, 0.6) is 0 Å². The zero-order valence-electron chi connectivity index (χ0n) is 8.62. The second-order valence-corrected chi connectivity index (χ2v) is 3.39. The average molecular weight is 204 g/mol. The van der Waals surface area contributed by atoms with Crippen LogP contribution in [0, 0.1) is 6.92 Å². The minimum atomic E-state index is -0.772. The Labute approximate surface area is 87.4 Å². The molecule has 2 rings (SSSR count). The van der Waals surface area contributed by atoms with E-state index in [4.69, 9.17) is 0 Å². The number of aliphatic hydroxyl groups excluding tert-OH is 1. The lowest BCUT2D eigenvalue weighted by Gasteiger charge is -2.11. The van der Waals surface area contributed by atoms with Crippen molar-refractivity contribution in [1.82, 2.24) is 20.0 Å². The number of nitrogens with zero attached hydrogens (tertiary/aromatic N) is 4. The number of aromatic nitrogens is 4. The lowest BCUT2D eigenvalue weighted by atomic mass is 10.1. The van der Waals surface area contributed by atoms with E-state index in [0.29, 0.717) is 11.4 Å². The van der Waals surface area contributed by atoms with E-state index in [0.717, 1.165) is 5.56 Å². The molecule has 0 aliphatic carbocycles. The van der Waals surface area contributed by atoms with Crippen molar-refractivity contribution in [3.63, 3.8) is 0 Å². The molecule has 0 amide bonds. The van der Waals surface area contributed by atoms with Gasteiger partial charge < -0.3 is 5.11 Å². The zero-order chi connectivity index (χ0) is 10.8. The van der Waals surface area contributed by atoms with Crippen LogP contribution in [0.2, 0.25) is 0 Å². The lowest BCUT2D eigenvalue weighted by molar-refractivity contribution is 0.204. The predicted molar refractivity (Wildman–Crippen MR) is 54.0 cm³/mol. The van der Waals surface area contributed by atoms with E-state index in [-0.39, 0.29) is 0 Å². The molecular weight excluding hydrogens is 192 g/mol. The highest BCUT2D eigenvalue weighted by Gasteiger charge is 2.17. The normalized spacial score (nSPS) is 12.7. The van der Waals surface area contributed by atoms with E-state index in [9.17, 15) is 5.11 Å². The third-order valence-electron chi connectivity index (χ3n) is 2.34. The van der Waals surface area contributed by atoms with Crippen molar-refractivity contribution in [2.45, 2.75) is 13.0 Å². The van der Waals surface area contributed by atoms with Gasteiger partial charge in [-0.3, -0.25) is 4.98 Å². The van der Waals surface area contributed by atoms with Crippen molar-refractivity contribution in [3.8, 4) is 0 Å². The highest BCUT2D eigenvalue weighted by molar-refractivity contribution is 5.25. The fraction of sp³-hybridized carbons (Fsp3) is 0.300. The third-order valence-corrected chi connectivity index (χ3v) is 2.34. The maximum absolute atomic E-state index is 10.1. The Kier molecular flexibility index (Phi) is 2.47. The molecule has 0 aliphatic rings. The molecule has 1 unspecified atom stereocenters. The van der Waals surface area contributed by atoms with Crippen LogP contribution in [0.3, 0.4) is 0 Å². The second kappa shape index (κ2) is 3.78. The molecule has 78 valence electrons. The standard InChI is InChI=1S/C10H12N4O/c1-7-4-3-5-11-9(7)10(15)8-6-12-13-14(8)2/h3-6,10,15H,1-2H3. The van der Waals surface area contributed by atoms with Crippen LogP contribution in [0.25, 0.3) is 0 Å². The number of aliphatic hydroxyl groups is 1. The fourth-order valence-corrected chi connectivity index (χ4v) is 1.47. The summed E-state index contributed by atoms with van der Waals surface area (Å²) in [4.78, 5) is 4.16. The van der Waals surface area contributed by atoms with E-state index in [1.54, 1.807) is 24.1 Å². The van der Waals surface area contributed by atoms with E-state index in [2.05, 4.69) is 15.3 Å². The van der Waals surface area contributed by atoms with Gasteiger partial charge in [0.25, 0.3) is 0 Å². The van der Waals surface area contributed by atoms with Gasteiger partial charge in [0.1, 0.15) is 6.10 Å². The van der Waals surface area contributed by atoms with Gasteiger partial charge in [0.15, 0.2) is 0 Å². The summed E-state index contributed by atoms with van der Waals surface area (Å²) in [5, 5.41) is 17.6. The van der Waals surface area contributed by atoms with E-state index >= 15 is 0 Å². The summed E-state index contributed by atoms with van der Waals surface area (Å²) in [5.41, 5.74) is 2.23. The van der Waals surface area contributed by atoms with Crippen LogP contribution in [-0.4, -0.2) is 25.1 Å². The van der Waals surface area contributed by atoms with Gasteiger partial charge in [-0.25, -0.2) is 4.68 Å². The van der Waals surface area contributed by atoms with E-state index < -0.39 is 6.10 Å². The van der Waals surface area contributed by atoms with Gasteiger partial charge >= 0.3 is 0 Å². The first-order chi connectivity index (χ1) is 7.20. The van der Waals surface area contributed by atoms with Gasteiger partial charge in [0, 0.05) is 13.2 Å². The monoisotopic (exact) mass is 204 g/mol. The Morgan fingerprint density at radius 3 is 2.87 bits per heavy atom. The Balaban J connectivity index is 2.41. The molecule has 0 fully saturated rings. The van der Waals surface area contributed by atoms with Crippen LogP contribution in [-0.2, 0) is 7.05 Å². The molecule has 0 aliphatic heterocycles. The van der Waals surface area contributed by atoms with E-state index in [1.165, 1.54) is 0 Å². The SMILES string of the molecule is Cc1cccnc1C(O)c1cnnn1C. The predicted octanol–water partition coefficient (Wildman–Crippen LogP) is 0.600. The lowest BCUT2D eigenvalue weighted by Crippen LogP contribution is -2.09. The van der Waals surface area contributed by atoms with Gasteiger partial charge in [-0.2, -0.15) is 0 Å². The van der Waals surface area contributed by atoms with Gasteiger partial charge in [-0.15, -0.1) is 5.10 Å². The molecule has 0 saturated heterocycles. The summed E-state index contributed by atoms with van der Waals surface area (Å²) in [6, 6.07) is 3.75. The van der Waals surface area contributed by atoms with Crippen molar-refractivity contribution in [3.05, 3.63) is 41.5 Å². The minimum absolute atomic E-state index is 0.636. The molecule has 0 saturated carbocycles. The van der Waals surface area contributed by atoms with Crippen LogP contribution in [0.4, 0.5) is 0 Å². The third kappa shape index (κ3) is 1.73. The molecule has 2 aromatic rings. The van der Waals surface area contributed by atoms with Crippen LogP contribution in [0.1, 0.15) is 23.1 Å². The zero-order valence-corrected chi connectivity index (χ0v) is 8.62. The molecule has 0 bridgehead atoms. The largest absolute Gasteiger partial charge is 0.380 e. The van der Waals surface area contributed by atoms with Crippen molar-refractivity contribution in [2.75, 3.05) is 0 Å². The molecule has 0 spiro atoms. The average Bonchev–Trinajstić information content (AvgIpc) is 2.64. The fourth-order valence-electron chi connectivity index (χ4n) is 1.47. The minimum Gasteiger partial charge on any atom is -0.380 e. The van der Waals surface area contributed by atoms with Crippen LogP contribution < -0.4 is 0 Å². The number of pyridine rings is 1. The molecule has 1 N–H and O–H groups in total. The Morgan fingerprint density at radius 1 is 1.47 bits per heavy atom. The van der Waals surface area contributed by atoms with Crippen molar-refractivity contribution in [2.24, 2.45) is 7.05 Å². The summed E-state index contributed by atoms with van der Waals surface area (Å²) >= 11 is 0. The molecule has 15 heavy (non-hydrogen) atoms. The molecule has 5 nitrogen and oxygen atoms in total. The Morgan fingerprint density at radius 2 is 2.27 bits per heavy atom. The molecule has 2 heterocycles. The van der Waals surface area contributed by atoms with Gasteiger partial charge in [-0.1, -0.05) is 11.3 Å². The van der Waals surface area contributed by atoms with Crippen molar-refractivity contribution >= 4 is 0 Å². The summed E-state index contributed by atoms with van der Waals surface area (Å²) < 4.78 is 1.54. The summed E-state index contributed by atoms with van der Waals surface area (Å²) in [7, 11) is 1.74. The maximum Gasteiger partial charge on any atom is 0.139 e. The summed E-state index contributed by atoms with van der Waals surface area (Å²) in [5.74, 6) is 0.